The number of aliphatic imine (C=N–C) groups is 1. The van der Waals surface area contributed by atoms with Gasteiger partial charge in [-0.3, -0.25) is 4.99 Å². The van der Waals surface area contributed by atoms with Crippen LogP contribution in [0.5, 0.6) is 5.75 Å². The van der Waals surface area contributed by atoms with Crippen LogP contribution in [0.3, 0.4) is 0 Å². The Labute approximate surface area is 334 Å². The summed E-state index contributed by atoms with van der Waals surface area (Å²) in [5, 5.41) is 16.5. The Balaban J connectivity index is 1.19. The number of hydrogen-bond acceptors (Lipinski definition) is 6. The van der Waals surface area contributed by atoms with Crippen LogP contribution in [-0.4, -0.2) is 16.3 Å². The summed E-state index contributed by atoms with van der Waals surface area (Å²) in [6.45, 7) is 6.31. The summed E-state index contributed by atoms with van der Waals surface area (Å²) < 4.78 is 15.2. The maximum absolute atomic E-state index is 11.3. The highest BCUT2D eigenvalue weighted by atomic mass is 127. The van der Waals surface area contributed by atoms with Gasteiger partial charge in [-0.2, -0.15) is 0 Å². The van der Waals surface area contributed by atoms with E-state index in [9.17, 15) is 5.11 Å². The summed E-state index contributed by atoms with van der Waals surface area (Å²) in [7, 11) is 0. The number of benzene rings is 7. The molecule has 0 aliphatic carbocycles. The molecule has 0 bridgehead atoms. The smallest absolute Gasteiger partial charge is 0.143 e. The Hall–Kier alpha value is -5.77. The van der Waals surface area contributed by atoms with Crippen LogP contribution in [0.1, 0.15) is 31.9 Å². The monoisotopic (exact) mass is 844 g/mol. The molecule has 5 nitrogen and oxygen atoms in total. The average molecular weight is 845 g/mol. The molecule has 55 heavy (non-hydrogen) atoms. The largest absolute Gasteiger partial charge is 0.507 e. The van der Waals surface area contributed by atoms with Gasteiger partial charge in [-0.05, 0) is 82.1 Å². The summed E-state index contributed by atoms with van der Waals surface area (Å²) in [6, 6.07) is 45.6. The first-order chi connectivity index (χ1) is 26.7. The molecule has 1 N–H and O–H groups in total. The maximum Gasteiger partial charge on any atom is 0.143 e. The molecule has 0 radical (unpaired) electrons. The van der Waals surface area contributed by atoms with Gasteiger partial charge in [0.15, 0.2) is 0 Å². The van der Waals surface area contributed by atoms with Crippen molar-refractivity contribution < 1.29 is 13.9 Å². The lowest BCUT2D eigenvalue weighted by molar-refractivity contribution is 0.445. The van der Waals surface area contributed by atoms with Crippen molar-refractivity contribution in [2.75, 3.05) is 0 Å². The SMILES string of the molecule is CC(C)(C)c1cc(I)cc(/C=N/c2ccccc2-c2nc3c(-c4cccc5c4oc4ccccc45)cc(-c4cccc5c4oc4ccccc45)cc3s2)c1O. The van der Waals surface area contributed by atoms with Gasteiger partial charge in [0.1, 0.15) is 33.1 Å². The van der Waals surface area contributed by atoms with Crippen molar-refractivity contribution in [1.29, 1.82) is 0 Å². The van der Waals surface area contributed by atoms with E-state index in [1.165, 1.54) is 0 Å². The maximum atomic E-state index is 11.3. The predicted molar refractivity (Wildman–Crippen MR) is 237 cm³/mol. The van der Waals surface area contributed by atoms with Gasteiger partial charge in [-0.1, -0.05) is 106 Å². The zero-order chi connectivity index (χ0) is 37.4. The molecular weight excluding hydrogens is 812 g/mol. The number of furan rings is 2. The molecular formula is C48H33IN2O3S. The molecule has 0 amide bonds. The summed E-state index contributed by atoms with van der Waals surface area (Å²) in [6.07, 6.45) is 1.76. The number of aromatic hydroxyl groups is 1. The van der Waals surface area contributed by atoms with Gasteiger partial charge in [-0.25, -0.2) is 4.98 Å². The molecule has 0 aliphatic rings. The molecule has 10 rings (SSSR count). The van der Waals surface area contributed by atoms with Crippen LogP contribution in [0.2, 0.25) is 0 Å². The second-order valence-electron chi connectivity index (χ2n) is 14.9. The van der Waals surface area contributed by atoms with Crippen molar-refractivity contribution in [1.82, 2.24) is 4.98 Å². The fourth-order valence-corrected chi connectivity index (χ4v) is 9.35. The van der Waals surface area contributed by atoms with Crippen LogP contribution in [0.4, 0.5) is 5.69 Å². The molecule has 3 heterocycles. The highest BCUT2D eigenvalue weighted by Crippen LogP contribution is 2.46. The molecule has 10 aromatic rings. The van der Waals surface area contributed by atoms with Crippen LogP contribution in [0.15, 0.2) is 147 Å². The molecule has 0 spiro atoms. The Bertz CT molecular complexity index is 3180. The third-order valence-corrected chi connectivity index (χ3v) is 12.0. The van der Waals surface area contributed by atoms with Gasteiger partial charge in [0, 0.05) is 64.7 Å². The summed E-state index contributed by atoms with van der Waals surface area (Å²) >= 11 is 3.94. The number of phenolic OH excluding ortho intramolecular Hbond substituents is 1. The minimum absolute atomic E-state index is 0.216. The number of hydrogen-bond donors (Lipinski definition) is 1. The molecule has 0 fully saturated rings. The Morgan fingerprint density at radius 1 is 0.655 bits per heavy atom. The number of nitrogens with zero attached hydrogens (tertiary/aromatic N) is 2. The zero-order valence-electron chi connectivity index (χ0n) is 30.2. The molecule has 0 saturated carbocycles. The van der Waals surface area contributed by atoms with Gasteiger partial charge >= 0.3 is 0 Å². The average Bonchev–Trinajstić information content (AvgIpc) is 3.91. The van der Waals surface area contributed by atoms with E-state index in [-0.39, 0.29) is 11.2 Å². The van der Waals surface area contributed by atoms with Gasteiger partial charge in [-0.15, -0.1) is 11.3 Å². The fourth-order valence-electron chi connectivity index (χ4n) is 7.64. The third kappa shape index (κ3) is 5.72. The van der Waals surface area contributed by atoms with Crippen LogP contribution >= 0.6 is 33.9 Å². The van der Waals surface area contributed by atoms with E-state index in [0.29, 0.717) is 5.56 Å². The van der Waals surface area contributed by atoms with Crippen molar-refractivity contribution in [3.8, 4) is 38.6 Å². The van der Waals surface area contributed by atoms with Crippen molar-refractivity contribution >= 4 is 99.9 Å². The molecule has 7 aromatic carbocycles. The molecule has 7 heteroatoms. The van der Waals surface area contributed by atoms with Crippen molar-refractivity contribution in [3.05, 3.63) is 148 Å². The number of fused-ring (bicyclic) bond motifs is 7. The van der Waals surface area contributed by atoms with Crippen LogP contribution in [0, 0.1) is 3.57 Å². The van der Waals surface area contributed by atoms with Crippen LogP contribution in [0.25, 0.3) is 86.9 Å². The molecule has 3 aromatic heterocycles. The fraction of sp³-hybridized carbons (Fsp3) is 0.0833. The second-order valence-corrected chi connectivity index (χ2v) is 17.1. The second kappa shape index (κ2) is 12.9. The zero-order valence-corrected chi connectivity index (χ0v) is 33.2. The first kappa shape index (κ1) is 33.8. The third-order valence-electron chi connectivity index (χ3n) is 10.3. The summed E-state index contributed by atoms with van der Waals surface area (Å²) in [4.78, 5) is 10.3. The van der Waals surface area contributed by atoms with Crippen LogP contribution in [-0.2, 0) is 5.41 Å². The molecule has 266 valence electrons. The Morgan fingerprint density at radius 2 is 1.25 bits per heavy atom. The lowest BCUT2D eigenvalue weighted by atomic mass is 9.85. The Kier molecular flexibility index (Phi) is 7.94. The van der Waals surface area contributed by atoms with Crippen molar-refractivity contribution in [2.24, 2.45) is 4.99 Å². The van der Waals surface area contributed by atoms with E-state index in [1.807, 2.05) is 60.7 Å². The van der Waals surface area contributed by atoms with E-state index in [1.54, 1.807) is 17.6 Å². The lowest BCUT2D eigenvalue weighted by Gasteiger charge is -2.21. The molecule has 0 unspecified atom stereocenters. The van der Waals surface area contributed by atoms with Gasteiger partial charge in [0.05, 0.1) is 15.9 Å². The van der Waals surface area contributed by atoms with Crippen LogP contribution < -0.4 is 0 Å². The van der Waals surface area contributed by atoms with E-state index in [0.717, 1.165) is 102 Å². The number of halogens is 1. The Morgan fingerprint density at radius 3 is 1.96 bits per heavy atom. The van der Waals surface area contributed by atoms with E-state index >= 15 is 0 Å². The van der Waals surface area contributed by atoms with Crippen molar-refractivity contribution in [2.45, 2.75) is 26.2 Å². The van der Waals surface area contributed by atoms with Gasteiger partial charge in [0.2, 0.25) is 0 Å². The van der Waals surface area contributed by atoms with E-state index in [4.69, 9.17) is 18.8 Å². The quantitative estimate of drug-likeness (QED) is 0.138. The molecule has 0 aliphatic heterocycles. The van der Waals surface area contributed by atoms with Gasteiger partial charge < -0.3 is 13.9 Å². The van der Waals surface area contributed by atoms with Crippen molar-refractivity contribution in [3.63, 3.8) is 0 Å². The number of thiazole rings is 1. The van der Waals surface area contributed by atoms with E-state index in [2.05, 4.69) is 116 Å². The highest BCUT2D eigenvalue weighted by molar-refractivity contribution is 14.1. The molecule has 0 atom stereocenters. The normalized spacial score (nSPS) is 12.4. The lowest BCUT2D eigenvalue weighted by Crippen LogP contribution is -2.12. The topological polar surface area (TPSA) is 71.8 Å². The summed E-state index contributed by atoms with van der Waals surface area (Å²) in [5.41, 5.74) is 11.3. The number of rotatable bonds is 5. The minimum Gasteiger partial charge on any atom is -0.507 e. The summed E-state index contributed by atoms with van der Waals surface area (Å²) in [5.74, 6) is 0.255. The standard InChI is InChI=1S/C48H33IN2O3S/c1-48(2,3)38-25-29(49)22-28(44(38)52)26-50-39-19-7-4-14-36(39)47-51-43-37(35-18-11-17-34-32-13-6-9-21-41(32)54-46(34)35)23-27(24-42(43)55-47)30-15-10-16-33-31-12-5-8-20-40(31)53-45(30)33/h4-26,52H,1-3H3/b50-26+. The minimum atomic E-state index is -0.216. The predicted octanol–water partition coefficient (Wildman–Crippen LogP) is 14.5. The number of aromatic nitrogens is 1. The number of phenols is 1. The first-order valence-electron chi connectivity index (χ1n) is 18.1. The first-order valence-corrected chi connectivity index (χ1v) is 20.0. The van der Waals surface area contributed by atoms with E-state index < -0.39 is 0 Å². The molecule has 0 saturated heterocycles. The highest BCUT2D eigenvalue weighted by Gasteiger charge is 2.23. The van der Waals surface area contributed by atoms with Gasteiger partial charge in [0.25, 0.3) is 0 Å². The number of para-hydroxylation sites is 5.